The maximum Gasteiger partial charge on any atom is 0.200 e. The molecule has 0 bridgehead atoms. The Balaban J connectivity index is 1.54. The van der Waals surface area contributed by atoms with Gasteiger partial charge in [-0.05, 0) is 54.1 Å². The van der Waals surface area contributed by atoms with E-state index in [0.717, 1.165) is 34.1 Å². The van der Waals surface area contributed by atoms with Crippen LogP contribution in [0.1, 0.15) is 5.56 Å². The third kappa shape index (κ3) is 3.36. The highest BCUT2D eigenvalue weighted by atomic mass is 16.5. The van der Waals surface area contributed by atoms with Crippen molar-refractivity contribution in [2.45, 2.75) is 6.54 Å². The van der Waals surface area contributed by atoms with E-state index in [1.165, 1.54) is 6.26 Å². The standard InChI is InChI=1S/C25H21NO5/c1-28-18-7-3-16(4-8-18)22-14-30-25-20(24(22)27)11-12-23-21(25)13-26(15-31-23)17-5-9-19(29-2)10-6-17/h3-12,14H,13,15H2,1-2H3. The fourth-order valence-corrected chi connectivity index (χ4v) is 3.84. The molecule has 1 aliphatic heterocycles. The summed E-state index contributed by atoms with van der Waals surface area (Å²) >= 11 is 0. The fraction of sp³-hybridized carbons (Fsp3) is 0.160. The van der Waals surface area contributed by atoms with Crippen molar-refractivity contribution in [3.8, 4) is 28.4 Å². The molecule has 4 aromatic rings. The van der Waals surface area contributed by atoms with Gasteiger partial charge >= 0.3 is 0 Å². The number of fused-ring (bicyclic) bond motifs is 3. The Labute approximate surface area is 179 Å². The van der Waals surface area contributed by atoms with Crippen LogP contribution < -0.4 is 24.5 Å². The molecule has 0 spiro atoms. The van der Waals surface area contributed by atoms with Crippen LogP contribution in [0.4, 0.5) is 5.69 Å². The van der Waals surface area contributed by atoms with Gasteiger partial charge in [0.2, 0.25) is 5.43 Å². The average molecular weight is 415 g/mol. The number of hydrogen-bond acceptors (Lipinski definition) is 6. The molecule has 0 unspecified atom stereocenters. The van der Waals surface area contributed by atoms with Crippen LogP contribution in [-0.4, -0.2) is 21.0 Å². The first-order valence-corrected chi connectivity index (χ1v) is 9.91. The van der Waals surface area contributed by atoms with Crippen molar-refractivity contribution < 1.29 is 18.6 Å². The molecule has 0 saturated heterocycles. The first-order chi connectivity index (χ1) is 15.2. The Morgan fingerprint density at radius 2 is 1.55 bits per heavy atom. The van der Waals surface area contributed by atoms with Gasteiger partial charge in [-0.25, -0.2) is 0 Å². The van der Waals surface area contributed by atoms with Gasteiger partial charge in [0, 0.05) is 5.69 Å². The number of ether oxygens (including phenoxy) is 3. The minimum Gasteiger partial charge on any atom is -0.497 e. The summed E-state index contributed by atoms with van der Waals surface area (Å²) in [6.45, 7) is 0.989. The summed E-state index contributed by atoms with van der Waals surface area (Å²) in [6, 6.07) is 18.8. The zero-order valence-electron chi connectivity index (χ0n) is 17.3. The van der Waals surface area contributed by atoms with E-state index >= 15 is 0 Å². The minimum absolute atomic E-state index is 0.0733. The molecule has 0 atom stereocenters. The van der Waals surface area contributed by atoms with E-state index in [1.807, 2.05) is 54.6 Å². The number of nitrogens with zero attached hydrogens (tertiary/aromatic N) is 1. The first-order valence-electron chi connectivity index (χ1n) is 9.91. The van der Waals surface area contributed by atoms with Crippen molar-refractivity contribution >= 4 is 16.7 Å². The fourth-order valence-electron chi connectivity index (χ4n) is 3.84. The van der Waals surface area contributed by atoms with Crippen LogP contribution in [0.5, 0.6) is 17.2 Å². The van der Waals surface area contributed by atoms with E-state index in [2.05, 4.69) is 4.90 Å². The highest BCUT2D eigenvalue weighted by Gasteiger charge is 2.23. The second-order valence-electron chi connectivity index (χ2n) is 7.30. The number of rotatable bonds is 4. The van der Waals surface area contributed by atoms with Crippen LogP contribution in [0.15, 0.2) is 76.1 Å². The molecule has 0 amide bonds. The molecular formula is C25H21NO5. The molecular weight excluding hydrogens is 394 g/mol. The third-order valence-corrected chi connectivity index (χ3v) is 5.56. The summed E-state index contributed by atoms with van der Waals surface area (Å²) in [6.07, 6.45) is 1.53. The molecule has 5 rings (SSSR count). The van der Waals surface area contributed by atoms with Crippen molar-refractivity contribution in [3.05, 3.63) is 82.7 Å². The van der Waals surface area contributed by atoms with Crippen LogP contribution in [-0.2, 0) is 6.54 Å². The van der Waals surface area contributed by atoms with Gasteiger partial charge in [0.1, 0.15) is 29.1 Å². The normalized spacial score (nSPS) is 12.9. The van der Waals surface area contributed by atoms with Gasteiger partial charge in [-0.15, -0.1) is 0 Å². The average Bonchev–Trinajstić information content (AvgIpc) is 2.84. The first kappa shape index (κ1) is 19.1. The number of anilines is 1. The molecule has 0 radical (unpaired) electrons. The maximum atomic E-state index is 13.2. The highest BCUT2D eigenvalue weighted by Crippen LogP contribution is 2.34. The molecule has 31 heavy (non-hydrogen) atoms. The van der Waals surface area contributed by atoms with E-state index in [4.69, 9.17) is 18.6 Å². The molecule has 2 heterocycles. The molecule has 1 aromatic heterocycles. The number of hydrogen-bond donors (Lipinski definition) is 0. The minimum atomic E-state index is -0.0733. The van der Waals surface area contributed by atoms with Gasteiger partial charge in [0.05, 0.1) is 37.3 Å². The predicted molar refractivity (Wildman–Crippen MR) is 119 cm³/mol. The van der Waals surface area contributed by atoms with Gasteiger partial charge in [-0.1, -0.05) is 12.1 Å². The predicted octanol–water partition coefficient (Wildman–Crippen LogP) is 4.83. The number of benzene rings is 3. The topological polar surface area (TPSA) is 61.1 Å². The Morgan fingerprint density at radius 1 is 0.871 bits per heavy atom. The van der Waals surface area contributed by atoms with Crippen LogP contribution in [0.2, 0.25) is 0 Å². The van der Waals surface area contributed by atoms with E-state index in [0.29, 0.717) is 29.8 Å². The summed E-state index contributed by atoms with van der Waals surface area (Å²) in [5.41, 5.74) is 3.64. The van der Waals surface area contributed by atoms with E-state index < -0.39 is 0 Å². The van der Waals surface area contributed by atoms with Crippen molar-refractivity contribution in [2.24, 2.45) is 0 Å². The lowest BCUT2D eigenvalue weighted by atomic mass is 10.0. The molecule has 6 heteroatoms. The Kier molecular flexibility index (Phi) is 4.75. The largest absolute Gasteiger partial charge is 0.497 e. The smallest absolute Gasteiger partial charge is 0.200 e. The lowest BCUT2D eigenvalue weighted by Crippen LogP contribution is -2.32. The summed E-state index contributed by atoms with van der Waals surface area (Å²) < 4.78 is 22.4. The molecule has 3 aromatic carbocycles. The van der Waals surface area contributed by atoms with Crippen LogP contribution in [0, 0.1) is 0 Å². The van der Waals surface area contributed by atoms with Gasteiger partial charge in [-0.2, -0.15) is 0 Å². The summed E-state index contributed by atoms with van der Waals surface area (Å²) in [4.78, 5) is 15.3. The van der Waals surface area contributed by atoms with Crippen molar-refractivity contribution in [1.82, 2.24) is 0 Å². The Bertz CT molecular complexity index is 1290. The molecule has 0 N–H and O–H groups in total. The summed E-state index contributed by atoms with van der Waals surface area (Å²) in [5.74, 6) is 2.26. The molecule has 0 saturated carbocycles. The Hall–Kier alpha value is -3.93. The van der Waals surface area contributed by atoms with Crippen molar-refractivity contribution in [3.63, 3.8) is 0 Å². The quantitative estimate of drug-likeness (QED) is 0.476. The monoisotopic (exact) mass is 415 g/mol. The van der Waals surface area contributed by atoms with Crippen molar-refractivity contribution in [2.75, 3.05) is 25.9 Å². The molecule has 156 valence electrons. The van der Waals surface area contributed by atoms with Crippen LogP contribution in [0.25, 0.3) is 22.1 Å². The third-order valence-electron chi connectivity index (χ3n) is 5.56. The molecule has 0 fully saturated rings. The van der Waals surface area contributed by atoms with Gasteiger partial charge in [-0.3, -0.25) is 4.79 Å². The SMILES string of the molecule is COc1ccc(-c2coc3c4c(ccc3c2=O)OCN(c2ccc(OC)cc2)C4)cc1. The lowest BCUT2D eigenvalue weighted by Gasteiger charge is -2.31. The van der Waals surface area contributed by atoms with Crippen LogP contribution in [0.3, 0.4) is 0 Å². The Morgan fingerprint density at radius 3 is 2.23 bits per heavy atom. The van der Waals surface area contributed by atoms with E-state index in [1.54, 1.807) is 20.3 Å². The van der Waals surface area contributed by atoms with Crippen LogP contribution >= 0.6 is 0 Å². The summed E-state index contributed by atoms with van der Waals surface area (Å²) in [7, 11) is 3.25. The maximum absolute atomic E-state index is 13.2. The number of methoxy groups -OCH3 is 2. The van der Waals surface area contributed by atoms with Crippen molar-refractivity contribution in [1.29, 1.82) is 0 Å². The zero-order valence-corrected chi connectivity index (χ0v) is 17.3. The van der Waals surface area contributed by atoms with Gasteiger partial charge in [0.25, 0.3) is 0 Å². The van der Waals surface area contributed by atoms with Gasteiger partial charge < -0.3 is 23.5 Å². The molecule has 0 aliphatic carbocycles. The molecule has 6 nitrogen and oxygen atoms in total. The molecule has 1 aliphatic rings. The van der Waals surface area contributed by atoms with Gasteiger partial charge in [0.15, 0.2) is 6.73 Å². The lowest BCUT2D eigenvalue weighted by molar-refractivity contribution is 0.289. The van der Waals surface area contributed by atoms with E-state index in [-0.39, 0.29) is 5.43 Å². The second kappa shape index (κ2) is 7.72. The zero-order chi connectivity index (χ0) is 21.4. The highest BCUT2D eigenvalue weighted by molar-refractivity contribution is 5.86. The summed E-state index contributed by atoms with van der Waals surface area (Å²) in [5, 5.41) is 0.534. The van der Waals surface area contributed by atoms with E-state index in [9.17, 15) is 4.79 Å². The second-order valence-corrected chi connectivity index (χ2v) is 7.30.